The highest BCUT2D eigenvalue weighted by atomic mass is 16.4. The third-order valence-corrected chi connectivity index (χ3v) is 5.32. The van der Waals surface area contributed by atoms with Gasteiger partial charge in [-0.05, 0) is 49.3 Å². The monoisotopic (exact) mass is 358 g/mol. The van der Waals surface area contributed by atoms with Crippen molar-refractivity contribution in [2.75, 3.05) is 19.6 Å². The number of carbonyl (C=O) groups is 3. The molecule has 0 saturated carbocycles. The second-order valence-electron chi connectivity index (χ2n) is 7.31. The average Bonchev–Trinajstić information content (AvgIpc) is 3.05. The zero-order valence-electron chi connectivity index (χ0n) is 15.0. The lowest BCUT2D eigenvalue weighted by molar-refractivity contribution is -0.137. The maximum absolute atomic E-state index is 12.7. The van der Waals surface area contributed by atoms with E-state index in [1.54, 1.807) is 0 Å². The summed E-state index contributed by atoms with van der Waals surface area (Å²) in [7, 11) is 0. The Bertz CT molecular complexity index is 671. The van der Waals surface area contributed by atoms with Crippen LogP contribution in [0.1, 0.15) is 54.4 Å². The third kappa shape index (κ3) is 4.62. The van der Waals surface area contributed by atoms with E-state index in [4.69, 9.17) is 5.11 Å². The van der Waals surface area contributed by atoms with Crippen molar-refractivity contribution in [3.8, 4) is 0 Å². The smallest absolute Gasteiger partial charge is 0.303 e. The number of amides is 2. The first kappa shape index (κ1) is 18.4. The van der Waals surface area contributed by atoms with Gasteiger partial charge in [-0.15, -0.1) is 0 Å². The van der Waals surface area contributed by atoms with Gasteiger partial charge in [-0.2, -0.15) is 0 Å². The summed E-state index contributed by atoms with van der Waals surface area (Å²) in [5, 5.41) is 8.84. The lowest BCUT2D eigenvalue weighted by atomic mass is 9.93. The van der Waals surface area contributed by atoms with Crippen molar-refractivity contribution in [3.63, 3.8) is 0 Å². The number of piperidine rings is 1. The number of carboxylic acids is 1. The molecule has 2 fully saturated rings. The predicted octanol–water partition coefficient (Wildman–Crippen LogP) is 2.53. The molecule has 2 saturated heterocycles. The van der Waals surface area contributed by atoms with Gasteiger partial charge in [0, 0.05) is 44.6 Å². The number of hydrogen-bond acceptors (Lipinski definition) is 3. The molecule has 1 aromatic rings. The lowest BCUT2D eigenvalue weighted by Crippen LogP contribution is -2.40. The molecule has 1 N–H and O–H groups in total. The van der Waals surface area contributed by atoms with Crippen molar-refractivity contribution in [1.82, 2.24) is 9.80 Å². The molecule has 2 aliphatic rings. The number of rotatable bonds is 6. The zero-order valence-corrected chi connectivity index (χ0v) is 15.0. The van der Waals surface area contributed by atoms with Gasteiger partial charge in [0.15, 0.2) is 0 Å². The van der Waals surface area contributed by atoms with Crippen LogP contribution >= 0.6 is 0 Å². The van der Waals surface area contributed by atoms with Crippen LogP contribution in [0.5, 0.6) is 0 Å². The Labute approximate surface area is 153 Å². The summed E-state index contributed by atoms with van der Waals surface area (Å²) in [6.45, 7) is 2.78. The average molecular weight is 358 g/mol. The predicted molar refractivity (Wildman–Crippen MR) is 96.6 cm³/mol. The molecule has 6 nitrogen and oxygen atoms in total. The van der Waals surface area contributed by atoms with E-state index in [2.05, 4.69) is 0 Å². The van der Waals surface area contributed by atoms with Crippen LogP contribution in [0, 0.1) is 5.92 Å². The first-order valence-electron chi connectivity index (χ1n) is 9.40. The molecule has 0 unspecified atom stereocenters. The van der Waals surface area contributed by atoms with Gasteiger partial charge >= 0.3 is 5.97 Å². The Morgan fingerprint density at radius 3 is 2.54 bits per heavy atom. The number of carbonyl (C=O) groups excluding carboxylic acids is 2. The van der Waals surface area contributed by atoms with Crippen molar-refractivity contribution < 1.29 is 19.5 Å². The van der Waals surface area contributed by atoms with E-state index in [-0.39, 0.29) is 24.2 Å². The maximum Gasteiger partial charge on any atom is 0.303 e. The first-order valence-corrected chi connectivity index (χ1v) is 9.40. The van der Waals surface area contributed by atoms with Crippen LogP contribution in [0.25, 0.3) is 0 Å². The number of carboxylic acid groups (broad SMARTS) is 1. The van der Waals surface area contributed by atoms with Crippen LogP contribution in [-0.2, 0) is 16.1 Å². The van der Waals surface area contributed by atoms with Crippen LogP contribution < -0.4 is 0 Å². The number of benzene rings is 1. The quantitative estimate of drug-likeness (QED) is 0.848. The molecule has 6 heteroatoms. The molecular weight excluding hydrogens is 332 g/mol. The topological polar surface area (TPSA) is 77.9 Å². The second kappa shape index (κ2) is 8.34. The van der Waals surface area contributed by atoms with E-state index in [1.807, 2.05) is 34.1 Å². The van der Waals surface area contributed by atoms with Gasteiger partial charge in [0.25, 0.3) is 5.91 Å². The van der Waals surface area contributed by atoms with E-state index in [0.29, 0.717) is 31.5 Å². The van der Waals surface area contributed by atoms with Gasteiger partial charge in [-0.3, -0.25) is 14.4 Å². The minimum absolute atomic E-state index is 0.00817. The van der Waals surface area contributed by atoms with Crippen LogP contribution in [0.3, 0.4) is 0 Å². The molecular formula is C20H26N2O4. The summed E-state index contributed by atoms with van der Waals surface area (Å²) in [4.78, 5) is 38.9. The summed E-state index contributed by atoms with van der Waals surface area (Å²) in [6, 6.07) is 7.51. The van der Waals surface area contributed by atoms with Crippen LogP contribution in [0.2, 0.25) is 0 Å². The van der Waals surface area contributed by atoms with E-state index in [0.717, 1.165) is 37.9 Å². The summed E-state index contributed by atoms with van der Waals surface area (Å²) in [5.41, 5.74) is 1.69. The summed E-state index contributed by atoms with van der Waals surface area (Å²) in [6.07, 6.45) is 4.26. The normalized spacial score (nSPS) is 20.5. The minimum Gasteiger partial charge on any atom is -0.481 e. The molecule has 2 aliphatic heterocycles. The molecule has 2 amide bonds. The summed E-state index contributed by atoms with van der Waals surface area (Å²) < 4.78 is 0. The summed E-state index contributed by atoms with van der Waals surface area (Å²) in [5.74, 6) is -0.301. The fourth-order valence-electron chi connectivity index (χ4n) is 3.84. The molecule has 140 valence electrons. The molecule has 1 atom stereocenters. The Morgan fingerprint density at radius 2 is 1.88 bits per heavy atom. The third-order valence-electron chi connectivity index (χ3n) is 5.32. The van der Waals surface area contributed by atoms with Gasteiger partial charge in [0.1, 0.15) is 0 Å². The number of nitrogens with zero attached hydrogens (tertiary/aromatic N) is 2. The zero-order chi connectivity index (χ0) is 18.5. The SMILES string of the molecule is O=C(O)CC[C@@H]1CCCN(C(=O)c2ccc(CN3CCCC3=O)cc2)C1. The van der Waals surface area contributed by atoms with Gasteiger partial charge in [-0.25, -0.2) is 0 Å². The highest BCUT2D eigenvalue weighted by molar-refractivity contribution is 5.94. The van der Waals surface area contributed by atoms with Crippen molar-refractivity contribution >= 4 is 17.8 Å². The highest BCUT2D eigenvalue weighted by Gasteiger charge is 2.25. The summed E-state index contributed by atoms with van der Waals surface area (Å²) >= 11 is 0. The molecule has 0 bridgehead atoms. The number of hydrogen-bond donors (Lipinski definition) is 1. The molecule has 3 rings (SSSR count). The van der Waals surface area contributed by atoms with Crippen LogP contribution in [0.4, 0.5) is 0 Å². The van der Waals surface area contributed by atoms with Crippen LogP contribution in [0.15, 0.2) is 24.3 Å². The molecule has 0 aliphatic carbocycles. The molecule has 0 radical (unpaired) electrons. The van der Waals surface area contributed by atoms with Crippen molar-refractivity contribution in [2.24, 2.45) is 5.92 Å². The fourth-order valence-corrected chi connectivity index (χ4v) is 3.84. The van der Waals surface area contributed by atoms with E-state index in [9.17, 15) is 14.4 Å². The van der Waals surface area contributed by atoms with Crippen molar-refractivity contribution in [2.45, 2.75) is 45.1 Å². The maximum atomic E-state index is 12.7. The number of likely N-dealkylation sites (tertiary alicyclic amines) is 2. The first-order chi connectivity index (χ1) is 12.5. The van der Waals surface area contributed by atoms with Crippen LogP contribution in [-0.4, -0.2) is 52.3 Å². The standard InChI is InChI=1S/C20H26N2O4/c23-18-4-2-11-21(18)13-16-5-8-17(9-6-16)20(26)22-12-1-3-15(14-22)7-10-19(24)25/h5-6,8-9,15H,1-4,7,10-14H2,(H,24,25)/t15-/m0/s1. The Morgan fingerprint density at radius 1 is 1.12 bits per heavy atom. The lowest BCUT2D eigenvalue weighted by Gasteiger charge is -2.32. The molecule has 2 heterocycles. The largest absolute Gasteiger partial charge is 0.481 e. The molecule has 1 aromatic carbocycles. The van der Waals surface area contributed by atoms with Gasteiger partial charge in [-0.1, -0.05) is 12.1 Å². The van der Waals surface area contributed by atoms with Gasteiger partial charge in [0.05, 0.1) is 0 Å². The van der Waals surface area contributed by atoms with E-state index in [1.165, 1.54) is 0 Å². The Kier molecular flexibility index (Phi) is 5.91. The van der Waals surface area contributed by atoms with Crippen molar-refractivity contribution in [1.29, 1.82) is 0 Å². The molecule has 26 heavy (non-hydrogen) atoms. The second-order valence-corrected chi connectivity index (χ2v) is 7.31. The minimum atomic E-state index is -0.777. The highest BCUT2D eigenvalue weighted by Crippen LogP contribution is 2.23. The van der Waals surface area contributed by atoms with E-state index < -0.39 is 5.97 Å². The van der Waals surface area contributed by atoms with Crippen molar-refractivity contribution in [3.05, 3.63) is 35.4 Å². The van der Waals surface area contributed by atoms with E-state index >= 15 is 0 Å². The Balaban J connectivity index is 1.57. The number of aliphatic carboxylic acids is 1. The fraction of sp³-hybridized carbons (Fsp3) is 0.550. The van der Waals surface area contributed by atoms with Gasteiger partial charge in [0.2, 0.25) is 5.91 Å². The molecule has 0 spiro atoms. The Hall–Kier alpha value is -2.37. The molecule has 0 aromatic heterocycles. The van der Waals surface area contributed by atoms with Gasteiger partial charge < -0.3 is 14.9 Å².